The lowest BCUT2D eigenvalue weighted by Crippen LogP contribution is -2.06. The van der Waals surface area contributed by atoms with E-state index in [0.717, 1.165) is 30.5 Å². The fourth-order valence-corrected chi connectivity index (χ4v) is 1.83. The first-order valence-electron chi connectivity index (χ1n) is 6.09. The summed E-state index contributed by atoms with van der Waals surface area (Å²) in [6.07, 6.45) is 2.15. The number of pyridine rings is 1. The van der Waals surface area contributed by atoms with Crippen LogP contribution in [0.1, 0.15) is 30.3 Å². The number of nitrogens with zero attached hydrogens (tertiary/aromatic N) is 1. The van der Waals surface area contributed by atoms with E-state index in [2.05, 4.69) is 17.2 Å². The Hall–Kier alpha value is -2.10. The molecule has 2 rings (SSSR count). The minimum Gasteiger partial charge on any atom is -0.477 e. The van der Waals surface area contributed by atoms with E-state index in [-0.39, 0.29) is 5.69 Å². The maximum absolute atomic E-state index is 11.0. The molecule has 0 saturated heterocycles. The van der Waals surface area contributed by atoms with Crippen molar-refractivity contribution in [1.29, 1.82) is 0 Å². The van der Waals surface area contributed by atoms with Gasteiger partial charge in [-0.2, -0.15) is 0 Å². The number of hydrogen-bond donors (Lipinski definition) is 2. The molecule has 4 nitrogen and oxygen atoms in total. The highest BCUT2D eigenvalue weighted by atomic mass is 16.4. The number of anilines is 1. The quantitative estimate of drug-likeness (QED) is 0.793. The summed E-state index contributed by atoms with van der Waals surface area (Å²) < 4.78 is 0. The zero-order valence-corrected chi connectivity index (χ0v) is 10.3. The lowest BCUT2D eigenvalue weighted by atomic mass is 10.1. The van der Waals surface area contributed by atoms with Crippen molar-refractivity contribution in [3.05, 3.63) is 36.0 Å². The van der Waals surface area contributed by atoms with Gasteiger partial charge in [-0.1, -0.05) is 31.5 Å². The van der Waals surface area contributed by atoms with Gasteiger partial charge in [0.25, 0.3) is 0 Å². The standard InChI is InChI=1S/C14H16N2O2/c1-2-3-8-15-12-9-13(14(17)18)16-11-7-5-4-6-10(11)12/h4-7,9H,2-3,8H2,1H3,(H,15,16)(H,17,18). The molecule has 1 aromatic heterocycles. The van der Waals surface area contributed by atoms with E-state index in [9.17, 15) is 4.79 Å². The molecule has 2 N–H and O–H groups in total. The van der Waals surface area contributed by atoms with Crippen LogP contribution in [0, 0.1) is 0 Å². The molecule has 0 spiro atoms. The van der Waals surface area contributed by atoms with Gasteiger partial charge in [-0.05, 0) is 18.6 Å². The Bertz CT molecular complexity index is 567. The molecule has 18 heavy (non-hydrogen) atoms. The summed E-state index contributed by atoms with van der Waals surface area (Å²) in [4.78, 5) is 15.2. The van der Waals surface area contributed by atoms with Crippen molar-refractivity contribution in [1.82, 2.24) is 4.98 Å². The van der Waals surface area contributed by atoms with Gasteiger partial charge < -0.3 is 10.4 Å². The van der Waals surface area contributed by atoms with E-state index in [1.807, 2.05) is 24.3 Å². The number of aromatic nitrogens is 1. The summed E-state index contributed by atoms with van der Waals surface area (Å²) in [6, 6.07) is 9.15. The largest absolute Gasteiger partial charge is 0.477 e. The number of rotatable bonds is 5. The van der Waals surface area contributed by atoms with Crippen molar-refractivity contribution in [3.8, 4) is 0 Å². The van der Waals surface area contributed by atoms with Crippen LogP contribution in [0.4, 0.5) is 5.69 Å². The first-order chi connectivity index (χ1) is 8.72. The van der Waals surface area contributed by atoms with Crippen LogP contribution in [-0.2, 0) is 0 Å². The molecule has 0 fully saturated rings. The van der Waals surface area contributed by atoms with Gasteiger partial charge in [0, 0.05) is 17.6 Å². The Morgan fingerprint density at radius 2 is 2.17 bits per heavy atom. The summed E-state index contributed by atoms with van der Waals surface area (Å²) in [5.41, 5.74) is 1.62. The van der Waals surface area contributed by atoms with Gasteiger partial charge in [0.2, 0.25) is 0 Å². The topological polar surface area (TPSA) is 62.2 Å². The van der Waals surface area contributed by atoms with Crippen LogP contribution < -0.4 is 5.32 Å². The zero-order valence-electron chi connectivity index (χ0n) is 10.3. The molecule has 94 valence electrons. The molecule has 0 saturated carbocycles. The third kappa shape index (κ3) is 2.59. The minimum atomic E-state index is -1.00. The van der Waals surface area contributed by atoms with Crippen molar-refractivity contribution in [2.24, 2.45) is 0 Å². The lowest BCUT2D eigenvalue weighted by molar-refractivity contribution is 0.0691. The van der Waals surface area contributed by atoms with Crippen LogP contribution in [0.25, 0.3) is 10.9 Å². The smallest absolute Gasteiger partial charge is 0.354 e. The van der Waals surface area contributed by atoms with Crippen LogP contribution in [0.3, 0.4) is 0 Å². The minimum absolute atomic E-state index is 0.0766. The summed E-state index contributed by atoms with van der Waals surface area (Å²) in [7, 11) is 0. The number of fused-ring (bicyclic) bond motifs is 1. The SMILES string of the molecule is CCCCNc1cc(C(=O)O)nc2ccccc12. The van der Waals surface area contributed by atoms with E-state index < -0.39 is 5.97 Å². The van der Waals surface area contributed by atoms with Crippen LogP contribution in [0.15, 0.2) is 30.3 Å². The van der Waals surface area contributed by atoms with Gasteiger partial charge in [-0.3, -0.25) is 0 Å². The molecule has 4 heteroatoms. The Kier molecular flexibility index (Phi) is 3.77. The van der Waals surface area contributed by atoms with E-state index in [0.29, 0.717) is 5.52 Å². The van der Waals surface area contributed by atoms with Gasteiger partial charge in [0.1, 0.15) is 0 Å². The fourth-order valence-electron chi connectivity index (χ4n) is 1.83. The maximum Gasteiger partial charge on any atom is 0.354 e. The molecule has 0 atom stereocenters. The summed E-state index contributed by atoms with van der Waals surface area (Å²) >= 11 is 0. The average molecular weight is 244 g/mol. The second-order valence-corrected chi connectivity index (χ2v) is 4.16. The number of benzene rings is 1. The normalized spacial score (nSPS) is 10.5. The van der Waals surface area contributed by atoms with Crippen LogP contribution in [0.2, 0.25) is 0 Å². The summed E-state index contributed by atoms with van der Waals surface area (Å²) in [5.74, 6) is -1.00. The predicted octanol–water partition coefficient (Wildman–Crippen LogP) is 3.15. The highest BCUT2D eigenvalue weighted by Gasteiger charge is 2.09. The van der Waals surface area contributed by atoms with E-state index in [4.69, 9.17) is 5.11 Å². The molecule has 0 bridgehead atoms. The second-order valence-electron chi connectivity index (χ2n) is 4.16. The molecule has 1 aromatic carbocycles. The number of hydrogen-bond acceptors (Lipinski definition) is 3. The molecule has 0 unspecified atom stereocenters. The molecule has 0 aliphatic heterocycles. The molecule has 1 heterocycles. The highest BCUT2D eigenvalue weighted by Crippen LogP contribution is 2.23. The van der Waals surface area contributed by atoms with Crippen molar-refractivity contribution < 1.29 is 9.90 Å². The molecular formula is C14H16N2O2. The lowest BCUT2D eigenvalue weighted by Gasteiger charge is -2.10. The van der Waals surface area contributed by atoms with Crippen molar-refractivity contribution in [2.45, 2.75) is 19.8 Å². The van der Waals surface area contributed by atoms with Gasteiger partial charge >= 0.3 is 5.97 Å². The molecule has 0 aliphatic carbocycles. The van der Waals surface area contributed by atoms with Gasteiger partial charge in [-0.15, -0.1) is 0 Å². The predicted molar refractivity (Wildman–Crippen MR) is 72.1 cm³/mol. The summed E-state index contributed by atoms with van der Waals surface area (Å²) in [5, 5.41) is 13.3. The zero-order chi connectivity index (χ0) is 13.0. The monoisotopic (exact) mass is 244 g/mol. The Labute approximate surface area is 106 Å². The fraction of sp³-hybridized carbons (Fsp3) is 0.286. The number of para-hydroxylation sites is 1. The molecular weight excluding hydrogens is 228 g/mol. The van der Waals surface area contributed by atoms with Crippen molar-refractivity contribution >= 4 is 22.6 Å². The van der Waals surface area contributed by atoms with Crippen LogP contribution in [0.5, 0.6) is 0 Å². The third-order valence-corrected chi connectivity index (χ3v) is 2.78. The van der Waals surface area contributed by atoms with E-state index in [1.54, 1.807) is 6.07 Å². The highest BCUT2D eigenvalue weighted by molar-refractivity contribution is 5.97. The van der Waals surface area contributed by atoms with Crippen molar-refractivity contribution in [3.63, 3.8) is 0 Å². The number of carbonyl (C=O) groups is 1. The number of carboxylic acids is 1. The molecule has 2 aromatic rings. The van der Waals surface area contributed by atoms with Crippen molar-refractivity contribution in [2.75, 3.05) is 11.9 Å². The number of unbranched alkanes of at least 4 members (excludes halogenated alkanes) is 1. The molecule has 0 amide bonds. The summed E-state index contributed by atoms with van der Waals surface area (Å²) in [6.45, 7) is 2.96. The van der Waals surface area contributed by atoms with Gasteiger partial charge in [0.05, 0.1) is 5.52 Å². The average Bonchev–Trinajstić information content (AvgIpc) is 2.38. The number of carboxylic acid groups (broad SMARTS) is 1. The third-order valence-electron chi connectivity index (χ3n) is 2.78. The van der Waals surface area contributed by atoms with Gasteiger partial charge in [-0.25, -0.2) is 9.78 Å². The van der Waals surface area contributed by atoms with Crippen LogP contribution >= 0.6 is 0 Å². The molecule has 0 aliphatic rings. The van der Waals surface area contributed by atoms with Crippen LogP contribution in [-0.4, -0.2) is 22.6 Å². The number of aromatic carboxylic acids is 1. The first kappa shape index (κ1) is 12.4. The Balaban J connectivity index is 2.43. The Morgan fingerprint density at radius 1 is 1.39 bits per heavy atom. The Morgan fingerprint density at radius 3 is 2.89 bits per heavy atom. The number of nitrogens with one attached hydrogen (secondary N) is 1. The maximum atomic E-state index is 11.0. The van der Waals surface area contributed by atoms with Gasteiger partial charge in [0.15, 0.2) is 5.69 Å². The first-order valence-corrected chi connectivity index (χ1v) is 6.09. The molecule has 0 radical (unpaired) electrons. The second kappa shape index (κ2) is 5.49. The van der Waals surface area contributed by atoms with E-state index in [1.165, 1.54) is 0 Å². The van der Waals surface area contributed by atoms with E-state index >= 15 is 0 Å².